The minimum atomic E-state index is -0.555. The van der Waals surface area contributed by atoms with E-state index in [2.05, 4.69) is 20.8 Å². The van der Waals surface area contributed by atoms with Crippen molar-refractivity contribution in [3.8, 4) is 11.1 Å². The van der Waals surface area contributed by atoms with E-state index in [1.807, 2.05) is 102 Å². The molecule has 51 heavy (non-hydrogen) atoms. The first-order chi connectivity index (χ1) is 24.2. The number of carbonyl (C=O) groups is 4. The predicted octanol–water partition coefficient (Wildman–Crippen LogP) is 8.85. The Bertz CT molecular complexity index is 1850. The number of aromatic nitrogens is 2. The second kappa shape index (κ2) is 16.5. The lowest BCUT2D eigenvalue weighted by atomic mass is 9.77. The number of rotatable bonds is 13. The highest BCUT2D eigenvalue weighted by Gasteiger charge is 2.31. The number of hydrogen-bond acceptors (Lipinski definition) is 6. The lowest BCUT2D eigenvalue weighted by molar-refractivity contribution is -0.129. The minimum absolute atomic E-state index is 0.108. The van der Waals surface area contributed by atoms with Crippen molar-refractivity contribution in [3.63, 3.8) is 0 Å². The number of aryl methyl sites for hydroxylation is 1. The Kier molecular flexibility index (Phi) is 12.1. The molecule has 1 aromatic heterocycles. The summed E-state index contributed by atoms with van der Waals surface area (Å²) in [6.07, 6.45) is 5.55. The fourth-order valence-corrected chi connectivity index (χ4v) is 6.91. The van der Waals surface area contributed by atoms with Crippen molar-refractivity contribution < 1.29 is 23.9 Å². The average molecular weight is 693 g/mol. The van der Waals surface area contributed by atoms with Crippen molar-refractivity contribution in [2.75, 3.05) is 11.9 Å². The number of nitrogens with one attached hydrogen (secondary N) is 3. The molecule has 1 aliphatic carbocycles. The van der Waals surface area contributed by atoms with Crippen LogP contribution in [0.15, 0.2) is 66.9 Å². The van der Waals surface area contributed by atoms with E-state index in [-0.39, 0.29) is 35.7 Å². The maximum atomic E-state index is 13.8. The van der Waals surface area contributed by atoms with Crippen molar-refractivity contribution >= 4 is 40.2 Å². The van der Waals surface area contributed by atoms with Crippen molar-refractivity contribution in [1.29, 1.82) is 0 Å². The molecule has 1 saturated carbocycles. The number of benzene rings is 3. The second-order valence-electron chi connectivity index (χ2n) is 15.6. The Morgan fingerprint density at radius 1 is 0.922 bits per heavy atom. The third kappa shape index (κ3) is 10.6. The monoisotopic (exact) mass is 692 g/mol. The summed E-state index contributed by atoms with van der Waals surface area (Å²) in [6.45, 7) is 12.2. The van der Waals surface area contributed by atoms with Crippen molar-refractivity contribution in [2.45, 2.75) is 92.1 Å². The predicted molar refractivity (Wildman–Crippen MR) is 202 cm³/mol. The molecule has 0 saturated heterocycles. The first-order valence-corrected chi connectivity index (χ1v) is 18.2. The van der Waals surface area contributed by atoms with E-state index in [0.29, 0.717) is 31.0 Å². The van der Waals surface area contributed by atoms with Gasteiger partial charge < -0.3 is 15.4 Å². The molecular weight excluding hydrogens is 640 g/mol. The molecule has 1 atom stereocenters. The van der Waals surface area contributed by atoms with Gasteiger partial charge in [-0.1, -0.05) is 50.2 Å². The molecule has 2 amide bonds. The largest absolute Gasteiger partial charge is 0.444 e. The van der Waals surface area contributed by atoms with Crippen LogP contribution in [0, 0.1) is 30.6 Å². The summed E-state index contributed by atoms with van der Waals surface area (Å²) in [7, 11) is 0. The highest BCUT2D eigenvalue weighted by molar-refractivity contribution is 5.98. The summed E-state index contributed by atoms with van der Waals surface area (Å²) in [6, 6.07) is 19.6. The van der Waals surface area contributed by atoms with Crippen molar-refractivity contribution in [1.82, 2.24) is 15.5 Å². The fourth-order valence-electron chi connectivity index (χ4n) is 6.91. The van der Waals surface area contributed by atoms with Crippen LogP contribution in [0.4, 0.5) is 10.5 Å². The second-order valence-corrected chi connectivity index (χ2v) is 15.6. The fraction of sp³-hybridized carbons (Fsp3) is 0.452. The van der Waals surface area contributed by atoms with Crippen LogP contribution in [-0.4, -0.2) is 45.9 Å². The van der Waals surface area contributed by atoms with E-state index in [0.717, 1.165) is 64.4 Å². The van der Waals surface area contributed by atoms with Gasteiger partial charge in [0.2, 0.25) is 5.91 Å². The molecular formula is C42H52N4O5. The normalized spacial score (nSPS) is 16.8. The molecule has 5 rings (SSSR count). The summed E-state index contributed by atoms with van der Waals surface area (Å²) in [4.78, 5) is 52.3. The summed E-state index contributed by atoms with van der Waals surface area (Å²) < 4.78 is 5.36. The van der Waals surface area contributed by atoms with Gasteiger partial charge in [0, 0.05) is 47.9 Å². The van der Waals surface area contributed by atoms with Crippen LogP contribution in [0.2, 0.25) is 0 Å². The van der Waals surface area contributed by atoms with Gasteiger partial charge in [-0.05, 0) is 118 Å². The maximum Gasteiger partial charge on any atom is 0.407 e. The number of Topliss-reactive ketones (excluding diaryl/α,β-unsaturated/α-hetero) is 2. The third-order valence-electron chi connectivity index (χ3n) is 9.65. The van der Waals surface area contributed by atoms with Crippen molar-refractivity contribution in [2.24, 2.45) is 23.7 Å². The van der Waals surface area contributed by atoms with E-state index in [9.17, 15) is 19.2 Å². The van der Waals surface area contributed by atoms with Gasteiger partial charge in [-0.2, -0.15) is 5.10 Å². The molecule has 0 spiro atoms. The molecule has 9 nitrogen and oxygen atoms in total. The van der Waals surface area contributed by atoms with Crippen LogP contribution >= 0.6 is 0 Å². The standard InChI is InChI=1S/C42H52N4O5/c1-26(2)19-38(47)32-16-18-36(27(3)20-32)30-11-7-28(8-12-30)21-34(40(49)45-35-17-15-33-25-44-46-37(33)23-35)22-39(48)31-13-9-29(10-14-31)24-43-41(50)51-42(4,5)6/h7-8,11-12,15-18,20,23,25-26,29,31,34H,9-10,13-14,19,21-22,24H2,1-6H3,(H,43,50)(H,44,46)(H,45,49)/t29?,31?,34-/m1/s1. The highest BCUT2D eigenvalue weighted by Crippen LogP contribution is 2.32. The molecule has 0 radical (unpaired) electrons. The summed E-state index contributed by atoms with van der Waals surface area (Å²) in [5.74, 6) is -0.00349. The van der Waals surface area contributed by atoms with Gasteiger partial charge in [-0.25, -0.2) is 4.79 Å². The van der Waals surface area contributed by atoms with Crippen LogP contribution in [0.1, 0.15) is 94.6 Å². The number of hydrogen-bond donors (Lipinski definition) is 3. The summed E-state index contributed by atoms with van der Waals surface area (Å²) in [5.41, 5.74) is 5.73. The van der Waals surface area contributed by atoms with Gasteiger partial charge >= 0.3 is 6.09 Å². The van der Waals surface area contributed by atoms with Gasteiger partial charge in [0.25, 0.3) is 0 Å². The highest BCUT2D eigenvalue weighted by atomic mass is 16.6. The first kappa shape index (κ1) is 37.5. The van der Waals surface area contributed by atoms with E-state index in [1.54, 1.807) is 6.20 Å². The van der Waals surface area contributed by atoms with Crippen molar-refractivity contribution in [3.05, 3.63) is 83.6 Å². The van der Waals surface area contributed by atoms with Crippen LogP contribution in [0.25, 0.3) is 22.0 Å². The number of amides is 2. The number of fused-ring (bicyclic) bond motifs is 1. The van der Waals surface area contributed by atoms with Gasteiger partial charge in [-0.3, -0.25) is 19.5 Å². The van der Waals surface area contributed by atoms with Crippen LogP contribution < -0.4 is 10.6 Å². The minimum Gasteiger partial charge on any atom is -0.444 e. The molecule has 0 unspecified atom stereocenters. The number of H-pyrrole nitrogens is 1. The van der Waals surface area contributed by atoms with Gasteiger partial charge in [0.15, 0.2) is 5.78 Å². The molecule has 0 bridgehead atoms. The molecule has 1 heterocycles. The topological polar surface area (TPSA) is 130 Å². The lowest BCUT2D eigenvalue weighted by Crippen LogP contribution is -2.37. The third-order valence-corrected chi connectivity index (χ3v) is 9.65. The molecule has 9 heteroatoms. The molecule has 3 aromatic carbocycles. The maximum absolute atomic E-state index is 13.8. The van der Waals surface area contributed by atoms with E-state index >= 15 is 0 Å². The zero-order chi connectivity index (χ0) is 36.7. The quantitative estimate of drug-likeness (QED) is 0.120. The summed E-state index contributed by atoms with van der Waals surface area (Å²) in [5, 5.41) is 13.9. The number of ether oxygens (including phenoxy) is 1. The SMILES string of the molecule is Cc1cc(C(=O)CC(C)C)ccc1-c1ccc(C[C@H](CC(=O)C2CCC(CNC(=O)OC(C)(C)C)CC2)C(=O)Nc2ccc3cn[nH]c3c2)cc1. The molecule has 1 fully saturated rings. The zero-order valence-electron chi connectivity index (χ0n) is 30.8. The number of anilines is 1. The number of carbonyl (C=O) groups excluding carboxylic acids is 4. The lowest BCUT2D eigenvalue weighted by Gasteiger charge is -2.29. The average Bonchev–Trinajstić information content (AvgIpc) is 3.55. The van der Waals surface area contributed by atoms with Gasteiger partial charge in [0.05, 0.1) is 11.7 Å². The molecule has 3 N–H and O–H groups in total. The molecule has 0 aliphatic heterocycles. The Morgan fingerprint density at radius 2 is 1.65 bits per heavy atom. The number of alkyl carbamates (subject to hydrolysis) is 1. The number of nitrogens with zero attached hydrogens (tertiary/aromatic N) is 1. The van der Waals surface area contributed by atoms with Gasteiger partial charge in [0.1, 0.15) is 11.4 Å². The van der Waals surface area contributed by atoms with Crippen LogP contribution in [0.5, 0.6) is 0 Å². The number of ketones is 2. The number of aromatic amines is 1. The zero-order valence-corrected chi connectivity index (χ0v) is 30.8. The van der Waals surface area contributed by atoms with Crippen LogP contribution in [-0.2, 0) is 20.7 Å². The smallest absolute Gasteiger partial charge is 0.407 e. The van der Waals surface area contributed by atoms with Crippen LogP contribution in [0.3, 0.4) is 0 Å². The Hall–Kier alpha value is -4.79. The Morgan fingerprint density at radius 3 is 2.31 bits per heavy atom. The molecule has 270 valence electrons. The molecule has 1 aliphatic rings. The Balaban J connectivity index is 1.25. The molecule has 4 aromatic rings. The van der Waals surface area contributed by atoms with E-state index in [4.69, 9.17) is 4.74 Å². The Labute approximate surface area is 301 Å². The summed E-state index contributed by atoms with van der Waals surface area (Å²) >= 11 is 0. The van der Waals surface area contributed by atoms with E-state index < -0.39 is 17.6 Å². The van der Waals surface area contributed by atoms with Gasteiger partial charge in [-0.15, -0.1) is 0 Å². The van der Waals surface area contributed by atoms with E-state index in [1.165, 1.54) is 0 Å². The first-order valence-electron chi connectivity index (χ1n) is 18.2.